The number of aromatic nitrogens is 2. The van der Waals surface area contributed by atoms with Gasteiger partial charge in [-0.2, -0.15) is 0 Å². The summed E-state index contributed by atoms with van der Waals surface area (Å²) < 4.78 is 5.21. The predicted molar refractivity (Wildman–Crippen MR) is 59.7 cm³/mol. The van der Waals surface area contributed by atoms with Gasteiger partial charge in [0.05, 0.1) is 5.69 Å². The number of nitrogens with one attached hydrogen (secondary N) is 1. The fourth-order valence-electron chi connectivity index (χ4n) is 1.85. The van der Waals surface area contributed by atoms with Gasteiger partial charge in [0.15, 0.2) is 11.5 Å². The molecule has 17 heavy (non-hydrogen) atoms. The topological polar surface area (TPSA) is 84.3 Å². The molecule has 0 amide bonds. The quantitative estimate of drug-likeness (QED) is 0.786. The highest BCUT2D eigenvalue weighted by Crippen LogP contribution is 2.16. The Labute approximate surface area is 99.0 Å². The summed E-state index contributed by atoms with van der Waals surface area (Å²) in [4.78, 5) is 19.5. The molecule has 1 aromatic rings. The van der Waals surface area contributed by atoms with Gasteiger partial charge in [0, 0.05) is 18.7 Å². The first-order valence-electron chi connectivity index (χ1n) is 5.62. The summed E-state index contributed by atoms with van der Waals surface area (Å²) in [6, 6.07) is 0. The maximum atomic E-state index is 11.1. The predicted octanol–water partition coefficient (Wildman–Crippen LogP) is 0.357. The molecule has 0 bridgehead atoms. The van der Waals surface area contributed by atoms with Gasteiger partial charge in [0.2, 0.25) is 0 Å². The molecule has 0 aliphatic carbocycles. The van der Waals surface area contributed by atoms with Crippen molar-refractivity contribution < 1.29 is 14.6 Å². The van der Waals surface area contributed by atoms with Crippen LogP contribution in [0.2, 0.25) is 0 Å². The number of rotatable bonds is 4. The molecule has 2 heterocycles. The van der Waals surface area contributed by atoms with Gasteiger partial charge < -0.3 is 15.2 Å². The molecule has 2 rings (SSSR count). The lowest BCUT2D eigenvalue weighted by Gasteiger charge is -2.18. The van der Waals surface area contributed by atoms with Crippen molar-refractivity contribution in [3.63, 3.8) is 0 Å². The van der Waals surface area contributed by atoms with E-state index in [1.54, 1.807) is 0 Å². The monoisotopic (exact) mass is 237 g/mol. The maximum absolute atomic E-state index is 11.1. The second kappa shape index (κ2) is 5.20. The second-order valence-corrected chi connectivity index (χ2v) is 3.78. The Balaban J connectivity index is 2.37. The zero-order valence-corrected chi connectivity index (χ0v) is 9.69. The van der Waals surface area contributed by atoms with Crippen LogP contribution in [0.15, 0.2) is 0 Å². The van der Waals surface area contributed by atoms with Crippen LogP contribution in [-0.2, 0) is 24.3 Å². The largest absolute Gasteiger partial charge is 0.477 e. The Hall–Kier alpha value is -1.53. The molecule has 0 aromatic carbocycles. The standard InChI is InChI=1S/C11H15N3O3/c1-2-17-6-9-13-8-5-12-4-3-7(8)10(14-9)11(15)16/h12H,2-6H2,1H3,(H,15,16). The SMILES string of the molecule is CCOCc1nc2c(c(C(=O)O)n1)CCNC2. The van der Waals surface area contributed by atoms with Crippen molar-refractivity contribution in [1.29, 1.82) is 0 Å². The van der Waals surface area contributed by atoms with E-state index in [1.165, 1.54) is 0 Å². The average molecular weight is 237 g/mol. The molecule has 0 atom stereocenters. The van der Waals surface area contributed by atoms with Crippen molar-refractivity contribution in [3.05, 3.63) is 22.8 Å². The highest BCUT2D eigenvalue weighted by atomic mass is 16.5. The zero-order chi connectivity index (χ0) is 12.3. The molecular formula is C11H15N3O3. The summed E-state index contributed by atoms with van der Waals surface area (Å²) in [7, 11) is 0. The van der Waals surface area contributed by atoms with Gasteiger partial charge in [0.1, 0.15) is 6.61 Å². The number of carboxylic acids is 1. The minimum Gasteiger partial charge on any atom is -0.477 e. The van der Waals surface area contributed by atoms with Crippen LogP contribution in [0.5, 0.6) is 0 Å². The first-order valence-corrected chi connectivity index (χ1v) is 5.62. The van der Waals surface area contributed by atoms with E-state index in [2.05, 4.69) is 15.3 Å². The van der Waals surface area contributed by atoms with Gasteiger partial charge in [0.25, 0.3) is 0 Å². The fourth-order valence-corrected chi connectivity index (χ4v) is 1.85. The highest BCUT2D eigenvalue weighted by molar-refractivity contribution is 5.87. The van der Waals surface area contributed by atoms with Crippen LogP contribution in [0.1, 0.15) is 34.5 Å². The number of hydrogen-bond donors (Lipinski definition) is 2. The van der Waals surface area contributed by atoms with Crippen LogP contribution in [0.25, 0.3) is 0 Å². The third-order valence-corrected chi connectivity index (χ3v) is 2.62. The van der Waals surface area contributed by atoms with E-state index in [1.807, 2.05) is 6.92 Å². The molecule has 0 radical (unpaired) electrons. The Morgan fingerprint density at radius 3 is 3.06 bits per heavy atom. The van der Waals surface area contributed by atoms with Gasteiger partial charge in [-0.3, -0.25) is 0 Å². The molecule has 0 unspecified atom stereocenters. The fraction of sp³-hybridized carbons (Fsp3) is 0.545. The van der Waals surface area contributed by atoms with E-state index in [4.69, 9.17) is 9.84 Å². The van der Waals surface area contributed by atoms with Crippen LogP contribution in [0, 0.1) is 0 Å². The summed E-state index contributed by atoms with van der Waals surface area (Å²) in [5, 5.41) is 12.3. The average Bonchev–Trinajstić information content (AvgIpc) is 2.35. The lowest BCUT2D eigenvalue weighted by atomic mass is 10.0. The number of nitrogens with zero attached hydrogens (tertiary/aromatic N) is 2. The van der Waals surface area contributed by atoms with Gasteiger partial charge in [-0.05, 0) is 19.9 Å². The number of carboxylic acid groups (broad SMARTS) is 1. The van der Waals surface area contributed by atoms with Gasteiger partial charge in [-0.15, -0.1) is 0 Å². The van der Waals surface area contributed by atoms with E-state index in [0.717, 1.165) is 17.8 Å². The lowest BCUT2D eigenvalue weighted by molar-refractivity contribution is 0.0686. The second-order valence-electron chi connectivity index (χ2n) is 3.78. The van der Waals surface area contributed by atoms with E-state index < -0.39 is 5.97 Å². The summed E-state index contributed by atoms with van der Waals surface area (Å²) in [6.45, 7) is 4.04. The molecule has 0 saturated heterocycles. The minimum atomic E-state index is -0.997. The molecule has 1 aliphatic heterocycles. The molecule has 0 spiro atoms. The zero-order valence-electron chi connectivity index (χ0n) is 9.69. The lowest BCUT2D eigenvalue weighted by Crippen LogP contribution is -2.28. The third-order valence-electron chi connectivity index (χ3n) is 2.62. The Kier molecular flexibility index (Phi) is 3.65. The van der Waals surface area contributed by atoms with E-state index in [-0.39, 0.29) is 12.3 Å². The van der Waals surface area contributed by atoms with Crippen molar-refractivity contribution in [3.8, 4) is 0 Å². The molecule has 1 aliphatic rings. The number of hydrogen-bond acceptors (Lipinski definition) is 5. The first kappa shape index (κ1) is 11.9. The molecule has 6 heteroatoms. The van der Waals surface area contributed by atoms with Gasteiger partial charge >= 0.3 is 5.97 Å². The van der Waals surface area contributed by atoms with Crippen LogP contribution >= 0.6 is 0 Å². The molecule has 0 saturated carbocycles. The molecule has 2 N–H and O–H groups in total. The van der Waals surface area contributed by atoms with Crippen molar-refractivity contribution >= 4 is 5.97 Å². The summed E-state index contributed by atoms with van der Waals surface area (Å²) >= 11 is 0. The minimum absolute atomic E-state index is 0.117. The molecular weight excluding hydrogens is 222 g/mol. The van der Waals surface area contributed by atoms with E-state index >= 15 is 0 Å². The molecule has 92 valence electrons. The van der Waals surface area contributed by atoms with Crippen LogP contribution in [0.3, 0.4) is 0 Å². The normalized spacial score (nSPS) is 14.4. The number of carbonyl (C=O) groups is 1. The van der Waals surface area contributed by atoms with Crippen molar-refractivity contribution in [2.24, 2.45) is 0 Å². The van der Waals surface area contributed by atoms with Gasteiger partial charge in [-0.1, -0.05) is 0 Å². The van der Waals surface area contributed by atoms with Crippen molar-refractivity contribution in [2.45, 2.75) is 26.5 Å². The summed E-state index contributed by atoms with van der Waals surface area (Å²) in [5.74, 6) is -0.560. The Morgan fingerprint density at radius 2 is 2.35 bits per heavy atom. The van der Waals surface area contributed by atoms with Crippen LogP contribution in [-0.4, -0.2) is 34.2 Å². The molecule has 1 aromatic heterocycles. The molecule has 6 nitrogen and oxygen atoms in total. The maximum Gasteiger partial charge on any atom is 0.354 e. The smallest absolute Gasteiger partial charge is 0.354 e. The van der Waals surface area contributed by atoms with Crippen molar-refractivity contribution in [1.82, 2.24) is 15.3 Å². The van der Waals surface area contributed by atoms with E-state index in [9.17, 15) is 4.79 Å². The summed E-state index contributed by atoms with van der Waals surface area (Å²) in [5.41, 5.74) is 1.64. The van der Waals surface area contributed by atoms with Crippen LogP contribution < -0.4 is 5.32 Å². The number of fused-ring (bicyclic) bond motifs is 1. The first-order chi connectivity index (χ1) is 8.22. The van der Waals surface area contributed by atoms with Gasteiger partial charge in [-0.25, -0.2) is 14.8 Å². The highest BCUT2D eigenvalue weighted by Gasteiger charge is 2.21. The number of ether oxygens (including phenoxy) is 1. The Morgan fingerprint density at radius 1 is 1.53 bits per heavy atom. The third kappa shape index (κ3) is 2.59. The molecule has 0 fully saturated rings. The Bertz CT molecular complexity index is 434. The summed E-state index contributed by atoms with van der Waals surface area (Å²) in [6.07, 6.45) is 0.659. The van der Waals surface area contributed by atoms with Crippen molar-refractivity contribution in [2.75, 3.05) is 13.2 Å². The number of aromatic carboxylic acids is 1. The van der Waals surface area contributed by atoms with E-state index in [0.29, 0.717) is 25.4 Å². The van der Waals surface area contributed by atoms with Crippen LogP contribution in [0.4, 0.5) is 0 Å².